The minimum Gasteiger partial charge on any atom is -0.495 e. The molecule has 3 aromatic rings. The van der Waals surface area contributed by atoms with Crippen molar-refractivity contribution in [2.24, 2.45) is 5.10 Å². The first-order chi connectivity index (χ1) is 15.8. The molecule has 6 nitrogen and oxygen atoms in total. The fraction of sp³-hybridized carbons (Fsp3) is 0.269. The average molecular weight is 432 g/mol. The third-order valence-corrected chi connectivity index (χ3v) is 5.48. The fourth-order valence-electron chi connectivity index (χ4n) is 3.71. The molecule has 0 bridgehead atoms. The predicted octanol–water partition coefficient (Wildman–Crippen LogP) is 4.44. The Morgan fingerprint density at radius 3 is 2.25 bits per heavy atom. The molecule has 1 aliphatic rings. The number of piperazine rings is 1. The Bertz CT molecular complexity index is 1030. The van der Waals surface area contributed by atoms with Crippen LogP contribution in [0.2, 0.25) is 0 Å². The largest absolute Gasteiger partial charge is 0.495 e. The van der Waals surface area contributed by atoms with E-state index in [4.69, 9.17) is 19.3 Å². The lowest BCUT2D eigenvalue weighted by Gasteiger charge is -2.35. The van der Waals surface area contributed by atoms with Gasteiger partial charge < -0.3 is 19.1 Å². The van der Waals surface area contributed by atoms with E-state index >= 15 is 0 Å². The van der Waals surface area contributed by atoms with Crippen LogP contribution in [-0.2, 0) is 6.61 Å². The minimum atomic E-state index is 0.489. The van der Waals surface area contributed by atoms with Crippen LogP contribution in [0, 0.1) is 0 Å². The zero-order chi connectivity index (χ0) is 22.2. The molecule has 3 aromatic carbocycles. The summed E-state index contributed by atoms with van der Waals surface area (Å²) in [5.74, 6) is 2.33. The highest BCUT2D eigenvalue weighted by molar-refractivity contribution is 5.80. The predicted molar refractivity (Wildman–Crippen MR) is 128 cm³/mol. The van der Waals surface area contributed by atoms with Gasteiger partial charge in [-0.15, -0.1) is 0 Å². The van der Waals surface area contributed by atoms with Gasteiger partial charge in [-0.3, -0.25) is 5.01 Å². The summed E-state index contributed by atoms with van der Waals surface area (Å²) in [6.07, 6.45) is 1.88. The quantitative estimate of drug-likeness (QED) is 0.494. The Kier molecular flexibility index (Phi) is 7.12. The van der Waals surface area contributed by atoms with Gasteiger partial charge in [0, 0.05) is 13.1 Å². The van der Waals surface area contributed by atoms with Gasteiger partial charge in [-0.05, 0) is 41.5 Å². The third kappa shape index (κ3) is 5.32. The van der Waals surface area contributed by atoms with Crippen LogP contribution in [-0.4, -0.2) is 51.6 Å². The lowest BCUT2D eigenvalue weighted by Crippen LogP contribution is -2.44. The van der Waals surface area contributed by atoms with Crippen molar-refractivity contribution in [2.75, 3.05) is 45.3 Å². The van der Waals surface area contributed by atoms with Gasteiger partial charge in [0.1, 0.15) is 12.4 Å². The summed E-state index contributed by atoms with van der Waals surface area (Å²) < 4.78 is 17.0. The van der Waals surface area contributed by atoms with Crippen LogP contribution in [0.3, 0.4) is 0 Å². The number of anilines is 1. The van der Waals surface area contributed by atoms with E-state index in [9.17, 15) is 0 Å². The van der Waals surface area contributed by atoms with Crippen LogP contribution in [0.1, 0.15) is 11.1 Å². The SMILES string of the molecule is COc1ccc(/C=N/N2CCN(c3ccccc3OC)CC2)cc1OCc1ccccc1. The monoisotopic (exact) mass is 431 g/mol. The summed E-state index contributed by atoms with van der Waals surface area (Å²) in [6, 6.07) is 24.1. The number of methoxy groups -OCH3 is 2. The summed E-state index contributed by atoms with van der Waals surface area (Å²) in [6.45, 7) is 3.98. The molecule has 0 amide bonds. The lowest BCUT2D eigenvalue weighted by atomic mass is 10.2. The molecule has 32 heavy (non-hydrogen) atoms. The van der Waals surface area contributed by atoms with E-state index in [1.165, 1.54) is 0 Å². The van der Waals surface area contributed by atoms with Crippen molar-refractivity contribution in [3.05, 3.63) is 83.9 Å². The van der Waals surface area contributed by atoms with E-state index in [-0.39, 0.29) is 0 Å². The molecular weight excluding hydrogens is 402 g/mol. The number of ether oxygens (including phenoxy) is 3. The van der Waals surface area contributed by atoms with E-state index in [1.54, 1.807) is 14.2 Å². The van der Waals surface area contributed by atoms with Gasteiger partial charge in [-0.2, -0.15) is 5.10 Å². The van der Waals surface area contributed by atoms with Crippen LogP contribution in [0.25, 0.3) is 0 Å². The Morgan fingerprint density at radius 2 is 1.50 bits per heavy atom. The van der Waals surface area contributed by atoms with Crippen LogP contribution < -0.4 is 19.1 Å². The Morgan fingerprint density at radius 1 is 0.781 bits per heavy atom. The number of rotatable bonds is 8. The van der Waals surface area contributed by atoms with Gasteiger partial charge in [0.15, 0.2) is 11.5 Å². The highest BCUT2D eigenvalue weighted by atomic mass is 16.5. The zero-order valence-corrected chi connectivity index (χ0v) is 18.6. The molecule has 0 aromatic heterocycles. The maximum Gasteiger partial charge on any atom is 0.162 e. The van der Waals surface area contributed by atoms with Crippen molar-refractivity contribution >= 4 is 11.9 Å². The Balaban J connectivity index is 1.37. The van der Waals surface area contributed by atoms with Crippen molar-refractivity contribution in [1.82, 2.24) is 5.01 Å². The molecule has 166 valence electrons. The highest BCUT2D eigenvalue weighted by Gasteiger charge is 2.18. The smallest absolute Gasteiger partial charge is 0.162 e. The molecule has 0 aliphatic carbocycles. The number of hydrazone groups is 1. The average Bonchev–Trinajstić information content (AvgIpc) is 2.87. The summed E-state index contributed by atoms with van der Waals surface area (Å²) in [7, 11) is 3.37. The number of para-hydroxylation sites is 2. The second kappa shape index (κ2) is 10.6. The summed E-state index contributed by atoms with van der Waals surface area (Å²) in [5, 5.41) is 6.79. The first-order valence-corrected chi connectivity index (χ1v) is 10.8. The number of hydrogen-bond donors (Lipinski definition) is 0. The first kappa shape index (κ1) is 21.6. The van der Waals surface area contributed by atoms with Gasteiger partial charge in [0.05, 0.1) is 39.2 Å². The molecule has 0 N–H and O–H groups in total. The van der Waals surface area contributed by atoms with E-state index in [2.05, 4.69) is 16.0 Å². The normalized spacial score (nSPS) is 13.9. The second-order valence-corrected chi connectivity index (χ2v) is 7.54. The molecule has 0 radical (unpaired) electrons. The van der Waals surface area contributed by atoms with Crippen molar-refractivity contribution in [2.45, 2.75) is 6.61 Å². The second-order valence-electron chi connectivity index (χ2n) is 7.54. The third-order valence-electron chi connectivity index (χ3n) is 5.48. The van der Waals surface area contributed by atoms with Crippen molar-refractivity contribution in [3.63, 3.8) is 0 Å². The topological polar surface area (TPSA) is 46.5 Å². The number of benzene rings is 3. The first-order valence-electron chi connectivity index (χ1n) is 10.8. The van der Waals surface area contributed by atoms with Crippen LogP contribution in [0.15, 0.2) is 77.9 Å². The molecule has 6 heteroatoms. The summed E-state index contributed by atoms with van der Waals surface area (Å²) in [5.41, 5.74) is 3.22. The molecule has 1 fully saturated rings. The molecule has 1 saturated heterocycles. The summed E-state index contributed by atoms with van der Waals surface area (Å²) >= 11 is 0. The molecule has 0 unspecified atom stereocenters. The fourth-order valence-corrected chi connectivity index (χ4v) is 3.71. The number of nitrogens with zero attached hydrogens (tertiary/aromatic N) is 3. The van der Waals surface area contributed by atoms with Crippen molar-refractivity contribution in [1.29, 1.82) is 0 Å². The van der Waals surface area contributed by atoms with Crippen molar-refractivity contribution < 1.29 is 14.2 Å². The van der Waals surface area contributed by atoms with E-state index in [0.717, 1.165) is 48.7 Å². The maximum absolute atomic E-state index is 6.01. The Labute approximate surface area is 189 Å². The highest BCUT2D eigenvalue weighted by Crippen LogP contribution is 2.29. The number of hydrogen-bond acceptors (Lipinski definition) is 6. The standard InChI is InChI=1S/C26H29N3O3/c1-30-24-11-7-6-10-23(24)28-14-16-29(17-15-28)27-19-22-12-13-25(31-2)26(18-22)32-20-21-8-4-3-5-9-21/h3-13,18-19H,14-17,20H2,1-2H3/b27-19+. The lowest BCUT2D eigenvalue weighted by molar-refractivity contribution is 0.271. The van der Waals surface area contributed by atoms with Gasteiger partial charge in [-0.25, -0.2) is 0 Å². The van der Waals surface area contributed by atoms with Gasteiger partial charge in [0.2, 0.25) is 0 Å². The minimum absolute atomic E-state index is 0.489. The van der Waals surface area contributed by atoms with Gasteiger partial charge in [-0.1, -0.05) is 42.5 Å². The van der Waals surface area contributed by atoms with Crippen molar-refractivity contribution in [3.8, 4) is 17.2 Å². The Hall–Kier alpha value is -3.67. The van der Waals surface area contributed by atoms with Crippen LogP contribution in [0.5, 0.6) is 17.2 Å². The summed E-state index contributed by atoms with van der Waals surface area (Å²) in [4.78, 5) is 2.34. The molecule has 1 aliphatic heterocycles. The maximum atomic E-state index is 6.01. The molecule has 0 atom stereocenters. The molecule has 4 rings (SSSR count). The van der Waals surface area contributed by atoms with Crippen LogP contribution in [0.4, 0.5) is 5.69 Å². The molecule has 1 heterocycles. The van der Waals surface area contributed by atoms with Gasteiger partial charge >= 0.3 is 0 Å². The molecule has 0 saturated carbocycles. The zero-order valence-electron chi connectivity index (χ0n) is 18.6. The van der Waals surface area contributed by atoms with E-state index in [0.29, 0.717) is 18.1 Å². The molecule has 0 spiro atoms. The van der Waals surface area contributed by atoms with Gasteiger partial charge in [0.25, 0.3) is 0 Å². The van der Waals surface area contributed by atoms with E-state index in [1.807, 2.05) is 72.9 Å². The van der Waals surface area contributed by atoms with E-state index < -0.39 is 0 Å². The van der Waals surface area contributed by atoms with Crippen LogP contribution >= 0.6 is 0 Å². The molecular formula is C26H29N3O3.